The first-order valence-electron chi connectivity index (χ1n) is 8.34. The number of pyridine rings is 1. The van der Waals surface area contributed by atoms with Gasteiger partial charge in [0.2, 0.25) is 15.9 Å². The van der Waals surface area contributed by atoms with Crippen LogP contribution in [0.2, 0.25) is 0 Å². The van der Waals surface area contributed by atoms with Gasteiger partial charge in [-0.15, -0.1) is 0 Å². The van der Waals surface area contributed by atoms with Crippen LogP contribution in [0.15, 0.2) is 24.5 Å². The standard InChI is InChI=1S/C16H23N3O4S/c1-2-3-7-24(21,22)19-10-13-8-14(15(11-19)23-13)16(20)18-12-5-4-6-17-9-12/h4-6,9,13-15H,2-3,7-8,10-11H2,1H3,(H,18,20)/t13-,14+,15-/m0/s1. The van der Waals surface area contributed by atoms with Crippen molar-refractivity contribution < 1.29 is 17.9 Å². The van der Waals surface area contributed by atoms with E-state index in [9.17, 15) is 13.2 Å². The smallest absolute Gasteiger partial charge is 0.230 e. The highest BCUT2D eigenvalue weighted by Gasteiger charge is 2.47. The average molecular weight is 353 g/mol. The second kappa shape index (κ2) is 7.16. The minimum atomic E-state index is -3.27. The number of nitrogens with one attached hydrogen (secondary N) is 1. The van der Waals surface area contributed by atoms with E-state index < -0.39 is 10.0 Å². The molecule has 1 aromatic rings. The number of rotatable bonds is 6. The molecule has 24 heavy (non-hydrogen) atoms. The lowest BCUT2D eigenvalue weighted by Gasteiger charge is -2.32. The molecule has 0 saturated carbocycles. The fraction of sp³-hybridized carbons (Fsp3) is 0.625. The normalized spacial score (nSPS) is 27.1. The zero-order valence-electron chi connectivity index (χ0n) is 13.7. The number of anilines is 1. The third kappa shape index (κ3) is 3.76. The fourth-order valence-corrected chi connectivity index (χ4v) is 4.93. The molecule has 0 aliphatic carbocycles. The molecule has 2 bridgehead atoms. The Morgan fingerprint density at radius 1 is 1.46 bits per heavy atom. The zero-order valence-corrected chi connectivity index (χ0v) is 14.5. The van der Waals surface area contributed by atoms with Gasteiger partial charge in [-0.05, 0) is 25.0 Å². The number of carbonyl (C=O) groups excluding carboxylic acids is 1. The minimum Gasteiger partial charge on any atom is -0.371 e. The van der Waals surface area contributed by atoms with E-state index in [-0.39, 0.29) is 36.3 Å². The summed E-state index contributed by atoms with van der Waals surface area (Å²) in [5, 5.41) is 2.83. The Bertz CT molecular complexity index is 680. The first-order chi connectivity index (χ1) is 11.5. The number of amides is 1. The van der Waals surface area contributed by atoms with Gasteiger partial charge in [0.15, 0.2) is 0 Å². The Morgan fingerprint density at radius 3 is 3.00 bits per heavy atom. The number of sulfonamides is 1. The van der Waals surface area contributed by atoms with Crippen LogP contribution in [0.3, 0.4) is 0 Å². The van der Waals surface area contributed by atoms with Crippen molar-refractivity contribution in [1.29, 1.82) is 0 Å². The molecule has 0 spiro atoms. The molecule has 7 nitrogen and oxygen atoms in total. The van der Waals surface area contributed by atoms with Crippen LogP contribution in [0.1, 0.15) is 26.2 Å². The van der Waals surface area contributed by atoms with E-state index in [0.717, 1.165) is 6.42 Å². The van der Waals surface area contributed by atoms with Gasteiger partial charge in [-0.25, -0.2) is 8.42 Å². The highest BCUT2D eigenvalue weighted by atomic mass is 32.2. The maximum Gasteiger partial charge on any atom is 0.230 e. The molecule has 0 aromatic carbocycles. The van der Waals surface area contributed by atoms with Gasteiger partial charge in [-0.2, -0.15) is 4.31 Å². The average Bonchev–Trinajstić information content (AvgIpc) is 2.88. The van der Waals surface area contributed by atoms with E-state index in [0.29, 0.717) is 25.1 Å². The van der Waals surface area contributed by atoms with E-state index in [1.54, 1.807) is 24.5 Å². The highest BCUT2D eigenvalue weighted by molar-refractivity contribution is 7.89. The number of ether oxygens (including phenoxy) is 1. The van der Waals surface area contributed by atoms with E-state index in [4.69, 9.17) is 4.74 Å². The molecule has 1 N–H and O–H groups in total. The third-order valence-electron chi connectivity index (χ3n) is 4.54. The van der Waals surface area contributed by atoms with Gasteiger partial charge >= 0.3 is 0 Å². The zero-order chi connectivity index (χ0) is 17.2. The van der Waals surface area contributed by atoms with Crippen LogP contribution < -0.4 is 5.32 Å². The monoisotopic (exact) mass is 353 g/mol. The van der Waals surface area contributed by atoms with Crippen LogP contribution in [0.4, 0.5) is 5.69 Å². The Kier molecular flexibility index (Phi) is 5.17. The molecule has 0 unspecified atom stereocenters. The van der Waals surface area contributed by atoms with Gasteiger partial charge in [-0.1, -0.05) is 13.3 Å². The number of morpholine rings is 1. The number of aromatic nitrogens is 1. The number of carbonyl (C=O) groups is 1. The van der Waals surface area contributed by atoms with Crippen molar-refractivity contribution in [2.75, 3.05) is 24.2 Å². The number of fused-ring (bicyclic) bond motifs is 2. The first kappa shape index (κ1) is 17.3. The van der Waals surface area contributed by atoms with Gasteiger partial charge in [0.25, 0.3) is 0 Å². The van der Waals surface area contributed by atoms with E-state index in [1.165, 1.54) is 4.31 Å². The number of hydrogen-bond acceptors (Lipinski definition) is 5. The maximum absolute atomic E-state index is 12.5. The molecule has 8 heteroatoms. The van der Waals surface area contributed by atoms with Crippen LogP contribution in [-0.2, 0) is 19.6 Å². The first-order valence-corrected chi connectivity index (χ1v) is 9.94. The van der Waals surface area contributed by atoms with Crippen molar-refractivity contribution in [2.45, 2.75) is 38.4 Å². The molecule has 1 aromatic heterocycles. The summed E-state index contributed by atoms with van der Waals surface area (Å²) in [5.41, 5.74) is 0.636. The van der Waals surface area contributed by atoms with Gasteiger partial charge in [0, 0.05) is 19.3 Å². The van der Waals surface area contributed by atoms with Gasteiger partial charge in [0.05, 0.1) is 35.8 Å². The molecular weight excluding hydrogens is 330 g/mol. The van der Waals surface area contributed by atoms with Gasteiger partial charge < -0.3 is 10.1 Å². The fourth-order valence-electron chi connectivity index (χ4n) is 3.25. The van der Waals surface area contributed by atoms with E-state index in [2.05, 4.69) is 10.3 Å². The lowest BCUT2D eigenvalue weighted by molar-refractivity contribution is -0.122. The maximum atomic E-state index is 12.5. The Labute approximate surface area is 142 Å². The molecule has 0 radical (unpaired) electrons. The van der Waals surface area contributed by atoms with Crippen LogP contribution in [0, 0.1) is 5.92 Å². The lowest BCUT2D eigenvalue weighted by atomic mass is 9.99. The van der Waals surface area contributed by atoms with Crippen LogP contribution >= 0.6 is 0 Å². The summed E-state index contributed by atoms with van der Waals surface area (Å²) in [5.74, 6) is -0.306. The van der Waals surface area contributed by atoms with E-state index >= 15 is 0 Å². The van der Waals surface area contributed by atoms with Crippen molar-refractivity contribution in [3.63, 3.8) is 0 Å². The second-order valence-electron chi connectivity index (χ2n) is 6.36. The second-order valence-corrected chi connectivity index (χ2v) is 8.44. The summed E-state index contributed by atoms with van der Waals surface area (Å²) in [7, 11) is -3.27. The summed E-state index contributed by atoms with van der Waals surface area (Å²) in [6.07, 6.45) is 4.69. The summed E-state index contributed by atoms with van der Waals surface area (Å²) >= 11 is 0. The van der Waals surface area contributed by atoms with Crippen LogP contribution in [-0.4, -0.2) is 54.7 Å². The largest absolute Gasteiger partial charge is 0.371 e. The molecule has 1 amide bonds. The predicted molar refractivity (Wildman–Crippen MR) is 89.9 cm³/mol. The predicted octanol–water partition coefficient (Wildman–Crippen LogP) is 1.24. The molecule has 2 aliphatic rings. The molecular formula is C16H23N3O4S. The van der Waals surface area contributed by atoms with Crippen molar-refractivity contribution in [2.24, 2.45) is 5.92 Å². The van der Waals surface area contributed by atoms with Gasteiger partial charge in [-0.3, -0.25) is 9.78 Å². The summed E-state index contributed by atoms with van der Waals surface area (Å²) < 4.78 is 32.1. The topological polar surface area (TPSA) is 88.6 Å². The summed E-state index contributed by atoms with van der Waals surface area (Å²) in [6.45, 7) is 2.57. The van der Waals surface area contributed by atoms with Crippen molar-refractivity contribution in [3.05, 3.63) is 24.5 Å². The third-order valence-corrected chi connectivity index (χ3v) is 6.43. The molecule has 3 heterocycles. The van der Waals surface area contributed by atoms with Crippen LogP contribution in [0.25, 0.3) is 0 Å². The van der Waals surface area contributed by atoms with E-state index in [1.807, 2.05) is 6.92 Å². The highest BCUT2D eigenvalue weighted by Crippen LogP contribution is 2.34. The Hall–Kier alpha value is -1.51. The molecule has 2 aliphatic heterocycles. The summed E-state index contributed by atoms with van der Waals surface area (Å²) in [6, 6.07) is 3.52. The Morgan fingerprint density at radius 2 is 2.29 bits per heavy atom. The molecule has 3 rings (SSSR count). The quantitative estimate of drug-likeness (QED) is 0.831. The summed E-state index contributed by atoms with van der Waals surface area (Å²) in [4.78, 5) is 16.5. The lowest BCUT2D eigenvalue weighted by Crippen LogP contribution is -2.48. The molecule has 132 valence electrons. The van der Waals surface area contributed by atoms with Gasteiger partial charge in [0.1, 0.15) is 0 Å². The van der Waals surface area contributed by atoms with Crippen molar-refractivity contribution >= 4 is 21.6 Å². The molecule has 2 saturated heterocycles. The number of hydrogen-bond donors (Lipinski definition) is 1. The number of nitrogens with zero attached hydrogens (tertiary/aromatic N) is 2. The Balaban J connectivity index is 1.65. The van der Waals surface area contributed by atoms with Crippen molar-refractivity contribution in [1.82, 2.24) is 9.29 Å². The molecule has 2 fully saturated rings. The SMILES string of the molecule is CCCCS(=O)(=O)N1C[C@@H]2C[C@@H](C(=O)Nc3cccnc3)[C@H](C1)O2. The molecule has 3 atom stereocenters. The van der Waals surface area contributed by atoms with Crippen LogP contribution in [0.5, 0.6) is 0 Å². The minimum absolute atomic E-state index is 0.136. The van der Waals surface area contributed by atoms with Crippen molar-refractivity contribution in [3.8, 4) is 0 Å². The number of unbranched alkanes of at least 4 members (excludes halogenated alkanes) is 1.